The molecule has 2 N–H and O–H groups in total. The first-order valence-electron chi connectivity index (χ1n) is 5.19. The second kappa shape index (κ2) is 4.72. The Morgan fingerprint density at radius 3 is 3.27 bits per heavy atom. The van der Waals surface area contributed by atoms with E-state index in [9.17, 15) is 4.79 Å². The Morgan fingerprint density at radius 2 is 2.60 bits per heavy atom. The molecule has 1 amide bonds. The number of carbonyl (C=O) groups excluding carboxylic acids is 1. The van der Waals surface area contributed by atoms with Crippen molar-refractivity contribution in [2.24, 2.45) is 11.7 Å². The highest BCUT2D eigenvalue weighted by atomic mass is 32.1. The van der Waals surface area contributed by atoms with Crippen LogP contribution in [0, 0.1) is 5.92 Å². The maximum absolute atomic E-state index is 12.0. The number of hydrogen-bond donors (Lipinski definition) is 1. The molecule has 1 fully saturated rings. The van der Waals surface area contributed by atoms with E-state index in [1.54, 1.807) is 10.9 Å². The Morgan fingerprint density at radius 1 is 1.73 bits per heavy atom. The van der Waals surface area contributed by atoms with Crippen molar-refractivity contribution in [2.75, 3.05) is 19.6 Å². The predicted octanol–water partition coefficient (Wildman–Crippen LogP) is 0.954. The molecule has 0 bridgehead atoms. The number of likely N-dealkylation sites (tertiary alicyclic amines) is 1. The van der Waals surface area contributed by atoms with Crippen LogP contribution in [-0.2, 0) is 0 Å². The summed E-state index contributed by atoms with van der Waals surface area (Å²) in [5, 5.41) is 1.80. The summed E-state index contributed by atoms with van der Waals surface area (Å²) in [7, 11) is 0. The Labute approximate surface area is 93.1 Å². The topological polar surface area (TPSA) is 59.2 Å². The van der Waals surface area contributed by atoms with Gasteiger partial charge in [-0.3, -0.25) is 4.79 Å². The van der Waals surface area contributed by atoms with E-state index in [0.29, 0.717) is 18.2 Å². The van der Waals surface area contributed by atoms with Crippen molar-refractivity contribution in [3.63, 3.8) is 0 Å². The lowest BCUT2D eigenvalue weighted by Gasteiger charge is -2.31. The first kappa shape index (κ1) is 10.6. The molecule has 82 valence electrons. The summed E-state index contributed by atoms with van der Waals surface area (Å²) in [4.78, 5) is 17.9. The van der Waals surface area contributed by atoms with E-state index in [-0.39, 0.29) is 5.91 Å². The lowest BCUT2D eigenvalue weighted by Crippen LogP contribution is -2.42. The number of carbonyl (C=O) groups is 1. The van der Waals surface area contributed by atoms with E-state index in [2.05, 4.69) is 4.98 Å². The smallest absolute Gasteiger partial charge is 0.273 e. The largest absolute Gasteiger partial charge is 0.337 e. The van der Waals surface area contributed by atoms with Gasteiger partial charge in [0.1, 0.15) is 5.69 Å². The molecule has 1 saturated heterocycles. The fourth-order valence-electron chi connectivity index (χ4n) is 1.92. The van der Waals surface area contributed by atoms with Crippen LogP contribution >= 0.6 is 11.3 Å². The number of aromatic nitrogens is 1. The Bertz CT molecular complexity index is 325. The third-order valence-electron chi connectivity index (χ3n) is 2.79. The summed E-state index contributed by atoms with van der Waals surface area (Å²) in [6, 6.07) is 0. The number of thiazole rings is 1. The van der Waals surface area contributed by atoms with Crippen molar-refractivity contribution >= 4 is 17.2 Å². The molecule has 0 aliphatic carbocycles. The zero-order chi connectivity index (χ0) is 10.7. The van der Waals surface area contributed by atoms with Gasteiger partial charge in [-0.05, 0) is 25.3 Å². The van der Waals surface area contributed by atoms with Gasteiger partial charge in [0.25, 0.3) is 5.91 Å². The number of nitrogens with two attached hydrogens (primary N) is 1. The normalized spacial score (nSPS) is 21.7. The molecule has 2 rings (SSSR count). The number of rotatable bonds is 2. The van der Waals surface area contributed by atoms with Gasteiger partial charge in [0, 0.05) is 18.5 Å². The molecular formula is C10H15N3OS. The van der Waals surface area contributed by atoms with Gasteiger partial charge in [0.05, 0.1) is 5.51 Å². The summed E-state index contributed by atoms with van der Waals surface area (Å²) in [6.07, 6.45) is 2.19. The zero-order valence-corrected chi connectivity index (χ0v) is 9.37. The Hall–Kier alpha value is -0.940. The molecule has 1 aliphatic heterocycles. The molecule has 4 nitrogen and oxygen atoms in total. The molecule has 1 aromatic heterocycles. The molecular weight excluding hydrogens is 210 g/mol. The van der Waals surface area contributed by atoms with Crippen LogP contribution in [0.25, 0.3) is 0 Å². The van der Waals surface area contributed by atoms with Crippen LogP contribution in [0.2, 0.25) is 0 Å². The first-order valence-corrected chi connectivity index (χ1v) is 6.13. The fourth-order valence-corrected chi connectivity index (χ4v) is 2.45. The lowest BCUT2D eigenvalue weighted by atomic mass is 9.98. The quantitative estimate of drug-likeness (QED) is 0.815. The lowest BCUT2D eigenvalue weighted by molar-refractivity contribution is 0.0673. The highest BCUT2D eigenvalue weighted by molar-refractivity contribution is 7.07. The second-order valence-electron chi connectivity index (χ2n) is 3.87. The van der Waals surface area contributed by atoms with E-state index < -0.39 is 0 Å². The summed E-state index contributed by atoms with van der Waals surface area (Å²) >= 11 is 1.46. The van der Waals surface area contributed by atoms with Crippen molar-refractivity contribution in [3.05, 3.63) is 16.6 Å². The maximum Gasteiger partial charge on any atom is 0.273 e. The van der Waals surface area contributed by atoms with Crippen molar-refractivity contribution in [1.29, 1.82) is 0 Å². The van der Waals surface area contributed by atoms with Crippen molar-refractivity contribution in [2.45, 2.75) is 12.8 Å². The monoisotopic (exact) mass is 225 g/mol. The SMILES string of the molecule is NCC1CCCN(C(=O)c2cscn2)C1. The standard InChI is InChI=1S/C10H15N3OS/c11-4-8-2-1-3-13(5-8)10(14)9-6-15-7-12-9/h6-8H,1-5,11H2. The minimum absolute atomic E-state index is 0.0504. The van der Waals surface area contributed by atoms with Crippen LogP contribution in [0.5, 0.6) is 0 Å². The molecule has 0 spiro atoms. The summed E-state index contributed by atoms with van der Waals surface area (Å²) in [5.74, 6) is 0.510. The second-order valence-corrected chi connectivity index (χ2v) is 4.59. The van der Waals surface area contributed by atoms with Crippen LogP contribution in [0.3, 0.4) is 0 Å². The average Bonchev–Trinajstić information content (AvgIpc) is 2.81. The minimum atomic E-state index is 0.0504. The van der Waals surface area contributed by atoms with Gasteiger partial charge in [-0.2, -0.15) is 0 Å². The van der Waals surface area contributed by atoms with Gasteiger partial charge >= 0.3 is 0 Å². The molecule has 15 heavy (non-hydrogen) atoms. The van der Waals surface area contributed by atoms with Crippen LogP contribution in [0.1, 0.15) is 23.3 Å². The van der Waals surface area contributed by atoms with Crippen LogP contribution < -0.4 is 5.73 Å². The molecule has 0 saturated carbocycles. The van der Waals surface area contributed by atoms with Crippen LogP contribution in [0.15, 0.2) is 10.9 Å². The van der Waals surface area contributed by atoms with Crippen molar-refractivity contribution in [1.82, 2.24) is 9.88 Å². The maximum atomic E-state index is 12.0. The van der Waals surface area contributed by atoms with Gasteiger partial charge in [0.2, 0.25) is 0 Å². The van der Waals surface area contributed by atoms with Gasteiger partial charge in [-0.15, -0.1) is 11.3 Å². The predicted molar refractivity (Wildman–Crippen MR) is 59.8 cm³/mol. The number of hydrogen-bond acceptors (Lipinski definition) is 4. The molecule has 0 aromatic carbocycles. The first-order chi connectivity index (χ1) is 7.31. The van der Waals surface area contributed by atoms with E-state index >= 15 is 0 Å². The summed E-state index contributed by atoms with van der Waals surface area (Å²) in [6.45, 7) is 2.29. The van der Waals surface area contributed by atoms with E-state index in [1.807, 2.05) is 4.90 Å². The van der Waals surface area contributed by atoms with Gasteiger partial charge in [-0.25, -0.2) is 4.98 Å². The number of amides is 1. The third-order valence-corrected chi connectivity index (χ3v) is 3.38. The van der Waals surface area contributed by atoms with Crippen LogP contribution in [-0.4, -0.2) is 35.4 Å². The number of nitrogens with zero attached hydrogens (tertiary/aromatic N) is 2. The molecule has 1 aliphatic rings. The molecule has 1 aromatic rings. The van der Waals surface area contributed by atoms with Gasteiger partial charge < -0.3 is 10.6 Å². The number of piperidine rings is 1. The summed E-state index contributed by atoms with van der Waals surface area (Å²) in [5.41, 5.74) is 7.89. The Balaban J connectivity index is 2.01. The minimum Gasteiger partial charge on any atom is -0.337 e. The molecule has 5 heteroatoms. The average molecular weight is 225 g/mol. The molecule has 1 atom stereocenters. The van der Waals surface area contributed by atoms with E-state index in [4.69, 9.17) is 5.73 Å². The van der Waals surface area contributed by atoms with E-state index in [1.165, 1.54) is 11.3 Å². The molecule has 0 radical (unpaired) electrons. The Kier molecular flexibility index (Phi) is 3.33. The van der Waals surface area contributed by atoms with Crippen LogP contribution in [0.4, 0.5) is 0 Å². The van der Waals surface area contributed by atoms with Crippen molar-refractivity contribution < 1.29 is 4.79 Å². The fraction of sp³-hybridized carbons (Fsp3) is 0.600. The highest BCUT2D eigenvalue weighted by Crippen LogP contribution is 2.17. The zero-order valence-electron chi connectivity index (χ0n) is 8.56. The van der Waals surface area contributed by atoms with Gasteiger partial charge in [-0.1, -0.05) is 0 Å². The molecule has 2 heterocycles. The third kappa shape index (κ3) is 2.35. The highest BCUT2D eigenvalue weighted by Gasteiger charge is 2.24. The molecule has 1 unspecified atom stereocenters. The van der Waals surface area contributed by atoms with E-state index in [0.717, 1.165) is 25.9 Å². The van der Waals surface area contributed by atoms with Crippen molar-refractivity contribution in [3.8, 4) is 0 Å². The summed E-state index contributed by atoms with van der Waals surface area (Å²) < 4.78 is 0. The van der Waals surface area contributed by atoms with Gasteiger partial charge in [0.15, 0.2) is 0 Å².